The zero-order chi connectivity index (χ0) is 11.0. The zero-order valence-electron chi connectivity index (χ0n) is 9.42. The number of nitrogens with zero attached hydrogens (tertiary/aromatic N) is 2. The molecule has 0 N–H and O–H groups in total. The van der Waals surface area contributed by atoms with E-state index in [2.05, 4.69) is 6.07 Å². The second-order valence-corrected chi connectivity index (χ2v) is 3.74. The average molecular weight is 196 g/mol. The number of hydrogen-bond donors (Lipinski definition) is 0. The molecular weight excluding hydrogens is 176 g/mol. The lowest BCUT2D eigenvalue weighted by Crippen LogP contribution is -2.29. The molecule has 0 heterocycles. The lowest BCUT2D eigenvalue weighted by molar-refractivity contribution is -0.133. The molecule has 0 aromatic carbocycles. The van der Waals surface area contributed by atoms with Gasteiger partial charge in [-0.2, -0.15) is 5.26 Å². The predicted molar refractivity (Wildman–Crippen MR) is 56.6 cm³/mol. The van der Waals surface area contributed by atoms with Gasteiger partial charge in [0.1, 0.15) is 0 Å². The van der Waals surface area contributed by atoms with Crippen molar-refractivity contribution in [3.63, 3.8) is 0 Å². The van der Waals surface area contributed by atoms with Crippen molar-refractivity contribution < 1.29 is 4.79 Å². The molecule has 14 heavy (non-hydrogen) atoms. The van der Waals surface area contributed by atoms with Gasteiger partial charge in [-0.25, -0.2) is 0 Å². The highest BCUT2D eigenvalue weighted by Crippen LogP contribution is 2.15. The molecule has 3 nitrogen and oxygen atoms in total. The first-order chi connectivity index (χ1) is 6.63. The van der Waals surface area contributed by atoms with E-state index >= 15 is 0 Å². The molecule has 0 aliphatic heterocycles. The first kappa shape index (κ1) is 13.0. The maximum absolute atomic E-state index is 11.6. The van der Waals surface area contributed by atoms with Crippen LogP contribution in [0.1, 0.15) is 39.0 Å². The fourth-order valence-electron chi connectivity index (χ4n) is 1.46. The molecule has 0 aromatic heterocycles. The third-order valence-electron chi connectivity index (χ3n) is 2.37. The van der Waals surface area contributed by atoms with E-state index < -0.39 is 0 Å². The van der Waals surface area contributed by atoms with Gasteiger partial charge in [-0.15, -0.1) is 0 Å². The van der Waals surface area contributed by atoms with Gasteiger partial charge in [0.15, 0.2) is 0 Å². The smallest absolute Gasteiger partial charge is 0.225 e. The van der Waals surface area contributed by atoms with Gasteiger partial charge in [-0.1, -0.05) is 13.3 Å². The van der Waals surface area contributed by atoms with Crippen LogP contribution < -0.4 is 0 Å². The second-order valence-electron chi connectivity index (χ2n) is 3.74. The Morgan fingerprint density at radius 3 is 2.50 bits per heavy atom. The molecule has 0 aliphatic carbocycles. The molecule has 0 saturated heterocycles. The Balaban J connectivity index is 3.80. The summed E-state index contributed by atoms with van der Waals surface area (Å²) >= 11 is 0. The van der Waals surface area contributed by atoms with E-state index in [1.54, 1.807) is 19.0 Å². The number of carbonyl (C=O) groups is 1. The number of rotatable bonds is 6. The van der Waals surface area contributed by atoms with Crippen LogP contribution >= 0.6 is 0 Å². The molecule has 1 amide bonds. The highest BCUT2D eigenvalue weighted by Gasteiger charge is 2.17. The molecule has 0 radical (unpaired) electrons. The van der Waals surface area contributed by atoms with Gasteiger partial charge in [0, 0.05) is 26.4 Å². The number of amides is 1. The van der Waals surface area contributed by atoms with Crippen molar-refractivity contribution in [2.75, 3.05) is 14.1 Å². The summed E-state index contributed by atoms with van der Waals surface area (Å²) in [5.74, 6) is 0.355. The second kappa shape index (κ2) is 7.37. The summed E-state index contributed by atoms with van der Waals surface area (Å²) in [6, 6.07) is 2.12. The van der Waals surface area contributed by atoms with E-state index in [1.165, 1.54) is 0 Å². The van der Waals surface area contributed by atoms with E-state index in [-0.39, 0.29) is 11.8 Å². The SMILES string of the molecule is CCC(CCCCC#N)C(=O)N(C)C. The lowest BCUT2D eigenvalue weighted by Gasteiger charge is -2.18. The van der Waals surface area contributed by atoms with Crippen LogP contribution in [-0.4, -0.2) is 24.9 Å². The normalized spacial score (nSPS) is 11.9. The lowest BCUT2D eigenvalue weighted by atomic mass is 9.97. The van der Waals surface area contributed by atoms with Gasteiger partial charge in [0.2, 0.25) is 5.91 Å². The number of unbranched alkanes of at least 4 members (excludes halogenated alkanes) is 2. The summed E-state index contributed by atoms with van der Waals surface area (Å²) in [6.07, 6.45) is 4.30. The minimum Gasteiger partial charge on any atom is -0.349 e. The Morgan fingerprint density at radius 1 is 1.43 bits per heavy atom. The van der Waals surface area contributed by atoms with E-state index in [1.807, 2.05) is 6.92 Å². The molecule has 0 spiro atoms. The molecule has 0 saturated carbocycles. The largest absolute Gasteiger partial charge is 0.349 e. The van der Waals surface area contributed by atoms with E-state index in [0.717, 1.165) is 25.7 Å². The molecule has 0 aromatic rings. The molecule has 0 fully saturated rings. The molecule has 3 heteroatoms. The van der Waals surface area contributed by atoms with Gasteiger partial charge >= 0.3 is 0 Å². The molecule has 0 aliphatic rings. The Hall–Kier alpha value is -1.04. The Labute approximate surface area is 86.7 Å². The van der Waals surface area contributed by atoms with Crippen LogP contribution in [-0.2, 0) is 4.79 Å². The van der Waals surface area contributed by atoms with Crippen molar-refractivity contribution in [1.82, 2.24) is 4.90 Å². The molecule has 0 bridgehead atoms. The number of carbonyl (C=O) groups excluding carboxylic acids is 1. The summed E-state index contributed by atoms with van der Waals surface area (Å²) in [5.41, 5.74) is 0. The van der Waals surface area contributed by atoms with Crippen LogP contribution in [0.25, 0.3) is 0 Å². The van der Waals surface area contributed by atoms with E-state index in [9.17, 15) is 4.79 Å². The summed E-state index contributed by atoms with van der Waals surface area (Å²) < 4.78 is 0. The Morgan fingerprint density at radius 2 is 2.07 bits per heavy atom. The summed E-state index contributed by atoms with van der Waals surface area (Å²) in [6.45, 7) is 2.04. The monoisotopic (exact) mass is 196 g/mol. The van der Waals surface area contributed by atoms with Crippen LogP contribution in [0.15, 0.2) is 0 Å². The minimum atomic E-state index is 0.142. The fourth-order valence-corrected chi connectivity index (χ4v) is 1.46. The Kier molecular flexibility index (Phi) is 6.82. The zero-order valence-corrected chi connectivity index (χ0v) is 9.42. The van der Waals surface area contributed by atoms with Crippen LogP contribution in [0, 0.1) is 17.2 Å². The highest BCUT2D eigenvalue weighted by molar-refractivity contribution is 5.78. The fraction of sp³-hybridized carbons (Fsp3) is 0.818. The minimum absolute atomic E-state index is 0.142. The van der Waals surface area contributed by atoms with Crippen molar-refractivity contribution in [3.05, 3.63) is 0 Å². The summed E-state index contributed by atoms with van der Waals surface area (Å²) in [4.78, 5) is 13.2. The molecule has 80 valence electrons. The van der Waals surface area contributed by atoms with Gasteiger partial charge in [0.25, 0.3) is 0 Å². The summed E-state index contributed by atoms with van der Waals surface area (Å²) in [7, 11) is 3.58. The number of hydrogen-bond acceptors (Lipinski definition) is 2. The van der Waals surface area contributed by atoms with Crippen molar-refractivity contribution in [1.29, 1.82) is 5.26 Å². The number of nitriles is 1. The topological polar surface area (TPSA) is 44.1 Å². The van der Waals surface area contributed by atoms with Gasteiger partial charge in [-0.05, 0) is 19.3 Å². The Bertz CT molecular complexity index is 206. The van der Waals surface area contributed by atoms with Gasteiger partial charge in [-0.3, -0.25) is 4.79 Å². The average Bonchev–Trinajstić information content (AvgIpc) is 2.17. The van der Waals surface area contributed by atoms with E-state index in [4.69, 9.17) is 5.26 Å². The van der Waals surface area contributed by atoms with Crippen LogP contribution in [0.2, 0.25) is 0 Å². The maximum Gasteiger partial charge on any atom is 0.225 e. The predicted octanol–water partition coefficient (Wildman–Crippen LogP) is 2.18. The molecule has 0 rings (SSSR count). The first-order valence-electron chi connectivity index (χ1n) is 5.21. The maximum atomic E-state index is 11.6. The standard InChI is InChI=1S/C11H20N2O/c1-4-10(11(14)13(2)3)8-6-5-7-9-12/h10H,4-8H2,1-3H3. The van der Waals surface area contributed by atoms with Crippen LogP contribution in [0.3, 0.4) is 0 Å². The molecular formula is C11H20N2O. The quantitative estimate of drug-likeness (QED) is 0.611. The van der Waals surface area contributed by atoms with Crippen LogP contribution in [0.4, 0.5) is 0 Å². The third-order valence-corrected chi connectivity index (χ3v) is 2.37. The summed E-state index contributed by atoms with van der Waals surface area (Å²) in [5, 5.41) is 8.36. The van der Waals surface area contributed by atoms with E-state index in [0.29, 0.717) is 6.42 Å². The van der Waals surface area contributed by atoms with Crippen molar-refractivity contribution >= 4 is 5.91 Å². The van der Waals surface area contributed by atoms with Crippen molar-refractivity contribution in [3.8, 4) is 6.07 Å². The van der Waals surface area contributed by atoms with Crippen molar-refractivity contribution in [2.45, 2.75) is 39.0 Å². The molecule has 1 unspecified atom stereocenters. The van der Waals surface area contributed by atoms with Gasteiger partial charge in [0.05, 0.1) is 6.07 Å². The van der Waals surface area contributed by atoms with Gasteiger partial charge < -0.3 is 4.90 Å². The third kappa shape index (κ3) is 4.86. The van der Waals surface area contributed by atoms with Crippen LogP contribution in [0.5, 0.6) is 0 Å². The first-order valence-corrected chi connectivity index (χ1v) is 5.21. The highest BCUT2D eigenvalue weighted by atomic mass is 16.2. The molecule has 1 atom stereocenters. The van der Waals surface area contributed by atoms with Crippen molar-refractivity contribution in [2.24, 2.45) is 5.92 Å².